The molecule has 2 rings (SSSR count). The fraction of sp³-hybridized carbons (Fsp3) is 0.357. The van der Waals surface area contributed by atoms with Crippen molar-refractivity contribution in [2.75, 3.05) is 13.6 Å². The Morgan fingerprint density at radius 1 is 1.44 bits per heavy atom. The van der Waals surface area contributed by atoms with E-state index in [1.165, 1.54) is 16.7 Å². The lowest BCUT2D eigenvalue weighted by molar-refractivity contribution is 0.241. The highest BCUT2D eigenvalue weighted by Crippen LogP contribution is 2.23. The van der Waals surface area contributed by atoms with E-state index in [1.54, 1.807) is 11.3 Å². The van der Waals surface area contributed by atoms with Crippen LogP contribution in [0.1, 0.15) is 22.7 Å². The first kappa shape index (κ1) is 13.2. The van der Waals surface area contributed by atoms with Gasteiger partial charge in [0.05, 0.1) is 0 Å². The van der Waals surface area contributed by atoms with Gasteiger partial charge in [-0.05, 0) is 53.6 Å². The minimum absolute atomic E-state index is 0.221. The summed E-state index contributed by atoms with van der Waals surface area (Å²) in [4.78, 5) is 6.50. The third-order valence-electron chi connectivity index (χ3n) is 3.21. The van der Waals surface area contributed by atoms with E-state index < -0.39 is 0 Å². The van der Waals surface area contributed by atoms with Gasteiger partial charge >= 0.3 is 0 Å². The molecular weight excluding hydrogens is 242 g/mol. The predicted octanol–water partition coefficient (Wildman–Crippen LogP) is 2.58. The molecule has 0 aliphatic carbocycles. The number of hydrogen-bond donors (Lipinski definition) is 1. The second-order valence-electron chi connectivity index (χ2n) is 4.53. The second-order valence-corrected chi connectivity index (χ2v) is 5.31. The van der Waals surface area contributed by atoms with Gasteiger partial charge in [-0.2, -0.15) is 11.3 Å². The lowest BCUT2D eigenvalue weighted by Crippen LogP contribution is -2.30. The molecule has 2 N–H and O–H groups in total. The van der Waals surface area contributed by atoms with Gasteiger partial charge in [-0.15, -0.1) is 0 Å². The largest absolute Gasteiger partial charge is 0.329 e. The van der Waals surface area contributed by atoms with E-state index in [9.17, 15) is 0 Å². The van der Waals surface area contributed by atoms with Crippen LogP contribution in [0.5, 0.6) is 0 Å². The summed E-state index contributed by atoms with van der Waals surface area (Å²) < 4.78 is 0. The van der Waals surface area contributed by atoms with E-state index in [-0.39, 0.29) is 6.04 Å². The SMILES string of the molecule is Cc1ccncc1C(CN)N(C)Cc1ccsc1. The van der Waals surface area contributed by atoms with Gasteiger partial charge in [-0.25, -0.2) is 0 Å². The first-order valence-electron chi connectivity index (χ1n) is 6.04. The molecule has 0 aliphatic heterocycles. The molecule has 1 unspecified atom stereocenters. The highest BCUT2D eigenvalue weighted by Gasteiger charge is 2.17. The molecule has 2 aromatic heterocycles. The zero-order chi connectivity index (χ0) is 13.0. The van der Waals surface area contributed by atoms with Crippen LogP contribution >= 0.6 is 11.3 Å². The number of rotatable bonds is 5. The van der Waals surface area contributed by atoms with Crippen molar-refractivity contribution in [3.63, 3.8) is 0 Å². The number of nitrogens with zero attached hydrogens (tertiary/aromatic N) is 2. The maximum Gasteiger partial charge on any atom is 0.0488 e. The van der Waals surface area contributed by atoms with Crippen LogP contribution in [0.25, 0.3) is 0 Å². The van der Waals surface area contributed by atoms with Crippen LogP contribution in [-0.2, 0) is 6.54 Å². The molecule has 0 spiro atoms. The van der Waals surface area contributed by atoms with E-state index >= 15 is 0 Å². The summed E-state index contributed by atoms with van der Waals surface area (Å²) in [6, 6.07) is 4.42. The number of pyridine rings is 1. The molecule has 0 amide bonds. The Hall–Kier alpha value is -1.23. The molecule has 1 atom stereocenters. The van der Waals surface area contributed by atoms with Gasteiger partial charge in [-0.3, -0.25) is 9.88 Å². The maximum atomic E-state index is 5.94. The van der Waals surface area contributed by atoms with Crippen molar-refractivity contribution in [1.82, 2.24) is 9.88 Å². The van der Waals surface area contributed by atoms with Crippen molar-refractivity contribution < 1.29 is 0 Å². The second kappa shape index (κ2) is 6.09. The van der Waals surface area contributed by atoms with Crippen molar-refractivity contribution in [2.45, 2.75) is 19.5 Å². The van der Waals surface area contributed by atoms with Crippen LogP contribution in [0.3, 0.4) is 0 Å². The number of nitrogens with two attached hydrogens (primary N) is 1. The zero-order valence-electron chi connectivity index (χ0n) is 10.8. The Labute approximate surface area is 112 Å². The summed E-state index contributed by atoms with van der Waals surface area (Å²) in [6.45, 7) is 3.63. The Morgan fingerprint density at radius 3 is 2.89 bits per heavy atom. The van der Waals surface area contributed by atoms with E-state index in [0.29, 0.717) is 6.54 Å². The topological polar surface area (TPSA) is 42.1 Å². The first-order chi connectivity index (χ1) is 8.72. The average Bonchev–Trinajstić information content (AvgIpc) is 2.85. The van der Waals surface area contributed by atoms with Crippen molar-refractivity contribution in [1.29, 1.82) is 0 Å². The molecule has 2 aromatic rings. The number of thiophene rings is 1. The van der Waals surface area contributed by atoms with Crippen LogP contribution in [0, 0.1) is 6.92 Å². The lowest BCUT2D eigenvalue weighted by Gasteiger charge is -2.27. The van der Waals surface area contributed by atoms with Crippen molar-refractivity contribution >= 4 is 11.3 Å². The quantitative estimate of drug-likeness (QED) is 0.899. The Morgan fingerprint density at radius 2 is 2.28 bits per heavy atom. The van der Waals surface area contributed by atoms with Gasteiger partial charge in [-0.1, -0.05) is 0 Å². The number of likely N-dealkylation sites (N-methyl/N-ethyl adjacent to an activating group) is 1. The number of aromatic nitrogens is 1. The van der Waals surface area contributed by atoms with Crippen LogP contribution in [-0.4, -0.2) is 23.5 Å². The first-order valence-corrected chi connectivity index (χ1v) is 6.98. The fourth-order valence-corrected chi connectivity index (χ4v) is 2.81. The summed E-state index contributed by atoms with van der Waals surface area (Å²) in [5, 5.41) is 4.29. The summed E-state index contributed by atoms with van der Waals surface area (Å²) in [6.07, 6.45) is 3.75. The molecule has 0 aromatic carbocycles. The van der Waals surface area contributed by atoms with Crippen molar-refractivity contribution in [3.8, 4) is 0 Å². The lowest BCUT2D eigenvalue weighted by atomic mass is 10.0. The predicted molar refractivity (Wildman–Crippen MR) is 76.6 cm³/mol. The van der Waals surface area contributed by atoms with Gasteiger partial charge in [0.2, 0.25) is 0 Å². The van der Waals surface area contributed by atoms with E-state index in [2.05, 4.69) is 40.7 Å². The van der Waals surface area contributed by atoms with Gasteiger partial charge in [0.25, 0.3) is 0 Å². The van der Waals surface area contributed by atoms with Crippen LogP contribution in [0.15, 0.2) is 35.3 Å². The molecule has 0 saturated heterocycles. The highest BCUT2D eigenvalue weighted by atomic mass is 32.1. The van der Waals surface area contributed by atoms with E-state index in [1.807, 2.05) is 18.5 Å². The number of hydrogen-bond acceptors (Lipinski definition) is 4. The van der Waals surface area contributed by atoms with E-state index in [4.69, 9.17) is 5.73 Å². The monoisotopic (exact) mass is 261 g/mol. The normalized spacial score (nSPS) is 12.9. The minimum atomic E-state index is 0.221. The molecular formula is C14H19N3S. The van der Waals surface area contributed by atoms with Gasteiger partial charge in [0, 0.05) is 31.5 Å². The average molecular weight is 261 g/mol. The van der Waals surface area contributed by atoms with Gasteiger partial charge in [0.15, 0.2) is 0 Å². The third kappa shape index (κ3) is 2.96. The maximum absolute atomic E-state index is 5.94. The molecule has 0 saturated carbocycles. The van der Waals surface area contributed by atoms with Crippen LogP contribution in [0.4, 0.5) is 0 Å². The summed E-state index contributed by atoms with van der Waals surface area (Å²) in [5.74, 6) is 0. The Bertz CT molecular complexity index is 482. The fourth-order valence-electron chi connectivity index (χ4n) is 2.15. The molecule has 96 valence electrons. The van der Waals surface area contributed by atoms with Gasteiger partial charge < -0.3 is 5.73 Å². The molecule has 0 aliphatic rings. The van der Waals surface area contributed by atoms with E-state index in [0.717, 1.165) is 6.54 Å². The van der Waals surface area contributed by atoms with Crippen molar-refractivity contribution in [3.05, 3.63) is 52.0 Å². The third-order valence-corrected chi connectivity index (χ3v) is 3.94. The Balaban J connectivity index is 2.16. The van der Waals surface area contributed by atoms with Crippen LogP contribution in [0.2, 0.25) is 0 Å². The molecule has 4 heteroatoms. The summed E-state index contributed by atoms with van der Waals surface area (Å²) >= 11 is 1.73. The molecule has 0 bridgehead atoms. The Kier molecular flexibility index (Phi) is 4.47. The molecule has 3 nitrogen and oxygen atoms in total. The smallest absolute Gasteiger partial charge is 0.0488 e. The molecule has 0 radical (unpaired) electrons. The van der Waals surface area contributed by atoms with Crippen molar-refractivity contribution in [2.24, 2.45) is 5.73 Å². The van der Waals surface area contributed by atoms with Crippen LogP contribution < -0.4 is 5.73 Å². The minimum Gasteiger partial charge on any atom is -0.329 e. The number of aryl methyl sites for hydroxylation is 1. The highest BCUT2D eigenvalue weighted by molar-refractivity contribution is 7.07. The molecule has 18 heavy (non-hydrogen) atoms. The zero-order valence-corrected chi connectivity index (χ0v) is 11.7. The molecule has 2 heterocycles. The standard InChI is InChI=1S/C14H19N3S/c1-11-3-5-16-8-13(11)14(7-15)17(2)9-12-4-6-18-10-12/h3-6,8,10,14H,7,9,15H2,1-2H3. The summed E-state index contributed by atoms with van der Waals surface area (Å²) in [5.41, 5.74) is 9.74. The summed E-state index contributed by atoms with van der Waals surface area (Å²) in [7, 11) is 2.11. The molecule has 0 fully saturated rings. The van der Waals surface area contributed by atoms with Gasteiger partial charge in [0.1, 0.15) is 0 Å².